The van der Waals surface area contributed by atoms with Crippen LogP contribution < -0.4 is 4.74 Å². The largest absolute Gasteiger partial charge is 0.508 e. The summed E-state index contributed by atoms with van der Waals surface area (Å²) in [5, 5.41) is 11.6. The topological polar surface area (TPSA) is 46.5 Å². The van der Waals surface area contributed by atoms with Gasteiger partial charge in [0.25, 0.3) is 0 Å². The summed E-state index contributed by atoms with van der Waals surface area (Å²) in [7, 11) is 0. The monoisotopic (exact) mass is 403 g/mol. The second-order valence-electron chi connectivity index (χ2n) is 5.87. The number of hydrogen-bond donors (Lipinski definition) is 1. The Kier molecular flexibility index (Phi) is 1.24. The van der Waals surface area contributed by atoms with E-state index in [1.165, 1.54) is 0 Å². The third kappa shape index (κ3) is 4.02. The van der Waals surface area contributed by atoms with E-state index in [0.29, 0.717) is 0 Å². The third-order valence-electron chi connectivity index (χ3n) is 4.06. The van der Waals surface area contributed by atoms with Gasteiger partial charge in [-0.3, -0.25) is 4.79 Å². The summed E-state index contributed by atoms with van der Waals surface area (Å²) < 4.78 is 263. The maximum absolute atomic E-state index is 13.2. The van der Waals surface area contributed by atoms with Gasteiger partial charge in [-0.05, 0) is 49.6 Å². The van der Waals surface area contributed by atoms with Crippen LogP contribution in [-0.2, 0) is 10.2 Å². The lowest BCUT2D eigenvalue weighted by atomic mass is 9.66. The van der Waals surface area contributed by atoms with Crippen LogP contribution in [0.5, 0.6) is 11.5 Å². The molecule has 1 aliphatic heterocycles. The molecule has 3 heteroatoms. The van der Waals surface area contributed by atoms with Crippen LogP contribution in [0.3, 0.4) is 0 Å². The van der Waals surface area contributed by atoms with Crippen molar-refractivity contribution in [1.82, 2.24) is 0 Å². The average molecular weight is 404 g/mol. The number of rotatable bonds is 6. The van der Waals surface area contributed by atoms with Crippen LogP contribution in [0.15, 0.2) is 12.1 Å². The maximum Gasteiger partial charge on any atom is 0.133 e. The van der Waals surface area contributed by atoms with Crippen molar-refractivity contribution >= 4 is 5.78 Å². The number of carbonyl (C=O) groups is 1. The first kappa shape index (κ1) is 4.47. The van der Waals surface area contributed by atoms with Crippen molar-refractivity contribution in [3.8, 4) is 11.5 Å². The average Bonchev–Trinajstić information content (AvgIpc) is 2.96. The van der Waals surface area contributed by atoms with Gasteiger partial charge >= 0.3 is 0 Å². The molecule has 0 amide bonds. The van der Waals surface area contributed by atoms with E-state index in [0.717, 1.165) is 0 Å². The molecule has 1 N–H and O–H groups in total. The molecule has 3 nitrogen and oxygen atoms in total. The van der Waals surface area contributed by atoms with E-state index < -0.39 is 149 Å². The van der Waals surface area contributed by atoms with Gasteiger partial charge in [0.05, 0.1) is 2.74 Å². The predicted octanol–water partition coefficient (Wildman–Crippen LogP) is 6.26. The smallest absolute Gasteiger partial charge is 0.133 e. The number of hydrogen-bond acceptors (Lipinski definition) is 3. The molecule has 0 saturated heterocycles. The molecule has 27 heavy (non-hydrogen) atoms. The first-order chi connectivity index (χ1) is 24.9. The summed E-state index contributed by atoms with van der Waals surface area (Å²) in [5.74, 6) is -11.1. The lowest BCUT2D eigenvalue weighted by Gasteiger charge is -2.47. The van der Waals surface area contributed by atoms with Crippen LogP contribution >= 0.6 is 0 Å². The van der Waals surface area contributed by atoms with Crippen molar-refractivity contribution in [2.75, 3.05) is 0 Å². The molecule has 1 fully saturated rings. The Morgan fingerprint density at radius 2 is 2.26 bits per heavy atom. The van der Waals surface area contributed by atoms with Crippen LogP contribution in [0, 0.1) is 5.92 Å². The lowest BCUT2D eigenvalue weighted by Crippen LogP contribution is -2.47. The molecule has 2 atom stereocenters. The summed E-state index contributed by atoms with van der Waals surface area (Å²) >= 11 is 0. The zero-order valence-electron chi connectivity index (χ0n) is 44.6. The van der Waals surface area contributed by atoms with E-state index in [-0.39, 0.29) is 0 Å². The number of fused-ring (bicyclic) bond motifs is 3. The minimum Gasteiger partial charge on any atom is -0.508 e. The number of phenols is 1. The highest BCUT2D eigenvalue weighted by atomic mass is 16.5. The molecule has 0 radical (unpaired) electrons. The highest BCUT2D eigenvalue weighted by Gasteiger charge is 2.47. The lowest BCUT2D eigenvalue weighted by molar-refractivity contribution is -0.124. The maximum atomic E-state index is 13.2. The van der Waals surface area contributed by atoms with Gasteiger partial charge in [-0.25, -0.2) is 0 Å². The first-order valence-corrected chi connectivity index (χ1v) is 7.55. The van der Waals surface area contributed by atoms with E-state index in [1.54, 1.807) is 0 Å². The number of Topliss-reactive ketones (excluding diaryl/α,β-unsaturated/α-hetero) is 1. The van der Waals surface area contributed by atoms with Gasteiger partial charge in [0.15, 0.2) is 0 Å². The molecule has 1 aliphatic carbocycles. The van der Waals surface area contributed by atoms with Crippen LogP contribution in [0.4, 0.5) is 0 Å². The minimum atomic E-state index is -5.21. The zero-order valence-corrected chi connectivity index (χ0v) is 13.6. The van der Waals surface area contributed by atoms with Crippen LogP contribution in [0.1, 0.15) is 145 Å². The summed E-state index contributed by atoms with van der Waals surface area (Å²) in [6, 6.07) is -4.13. The first-order valence-electron chi connectivity index (χ1n) is 23.0. The normalized spacial score (nSPS) is 49.8. The number of ether oxygens (including phenoxy) is 1. The Balaban J connectivity index is 2.79. The SMILES string of the molecule is [2H]c1c(O)c2c(c([2H])c1C(C([2H])([2H])[2H])(C([2H])([2H])[2H])C([2H])([2H])C([2H])([2H])C([2H])([2H])C([2H])([2H])C([2H])([2H])C([2H])([2H])[2H])OC(C([2H])([2H])[2H])(C([2H])([2H])[2H])[C@@H]1CC([2H])([2H])C(=O)C([2H])([2H])[C@@H]21. The van der Waals surface area contributed by atoms with Crippen molar-refractivity contribution in [3.63, 3.8) is 0 Å². The quantitative estimate of drug-likeness (QED) is 0.609. The van der Waals surface area contributed by atoms with Crippen molar-refractivity contribution in [3.05, 3.63) is 23.2 Å². The van der Waals surface area contributed by atoms with Crippen molar-refractivity contribution in [1.29, 1.82) is 0 Å². The number of benzene rings is 1. The Morgan fingerprint density at radius 3 is 3.00 bits per heavy atom. The van der Waals surface area contributed by atoms with Gasteiger partial charge in [0.2, 0.25) is 0 Å². The minimum absolute atomic E-state index is 1.40. The molecule has 0 spiro atoms. The molecular formula is C24H36O3. The zero-order chi connectivity index (χ0) is 46.6. The van der Waals surface area contributed by atoms with Crippen LogP contribution in [-0.4, -0.2) is 16.5 Å². The van der Waals surface area contributed by atoms with Gasteiger partial charge in [-0.1, -0.05) is 46.0 Å². The van der Waals surface area contributed by atoms with E-state index in [2.05, 4.69) is 0 Å². The molecular weight excluding hydrogens is 336 g/mol. The second kappa shape index (κ2) is 7.48. The fraction of sp³-hybridized carbons (Fsp3) is 0.708. The molecule has 2 aliphatic rings. The number of ketones is 1. The fourth-order valence-electron chi connectivity index (χ4n) is 2.81. The van der Waals surface area contributed by atoms with Gasteiger partial charge < -0.3 is 9.84 Å². The van der Waals surface area contributed by atoms with Gasteiger partial charge in [0, 0.05) is 69.9 Å². The van der Waals surface area contributed by atoms with Crippen LogP contribution in [0.2, 0.25) is 0 Å². The summed E-state index contributed by atoms with van der Waals surface area (Å²) in [6.45, 7) is -22.0. The number of phenolic OH excluding ortho intramolecular Hbond substituents is 1. The second-order valence-corrected chi connectivity index (χ2v) is 5.87. The van der Waals surface area contributed by atoms with Crippen molar-refractivity contribution < 1.29 is 57.1 Å². The standard InChI is InChI=1S/C24H36O3/c1-6-7-8-9-12-23(2,3)16-13-20(26)22-18-15-17(25)10-11-19(18)24(4,5)27-21(22)14-16/h13-14,18-19,26H,6-12,15H2,1-5H3/t18-,19-/m1/s1/i1D3,2D3,3D3,4D3,5D3,6D2,7D2,8D2,9D2,10D2,12D2,13D,14D,15D2. The molecule has 1 heterocycles. The third-order valence-corrected chi connectivity index (χ3v) is 4.06. The summed E-state index contributed by atoms with van der Waals surface area (Å²) in [6.07, 6.45) is -33.2. The van der Waals surface area contributed by atoms with Gasteiger partial charge in [-0.15, -0.1) is 0 Å². The van der Waals surface area contributed by atoms with E-state index >= 15 is 0 Å². The Labute approximate surface area is 208 Å². The molecule has 3 rings (SSSR count). The summed E-state index contributed by atoms with van der Waals surface area (Å²) in [5.41, 5.74) is -12.6. The highest BCUT2D eigenvalue weighted by molar-refractivity contribution is 5.81. The van der Waals surface area contributed by atoms with Crippen molar-refractivity contribution in [2.24, 2.45) is 5.92 Å². The number of aromatic hydroxyl groups is 1. The van der Waals surface area contributed by atoms with Crippen LogP contribution in [0.25, 0.3) is 0 Å². The van der Waals surface area contributed by atoms with Crippen molar-refractivity contribution in [2.45, 2.75) is 102 Å². The van der Waals surface area contributed by atoms with Gasteiger partial charge in [-0.2, -0.15) is 0 Å². The Bertz CT molecular complexity index is 1790. The number of carbonyl (C=O) groups excluding carboxylic acids is 1. The highest BCUT2D eigenvalue weighted by Crippen LogP contribution is 2.54. The van der Waals surface area contributed by atoms with Gasteiger partial charge in [0.1, 0.15) is 22.9 Å². The molecule has 1 aromatic carbocycles. The van der Waals surface area contributed by atoms with E-state index in [1.807, 2.05) is 0 Å². The van der Waals surface area contributed by atoms with E-state index in [9.17, 15) is 9.90 Å². The predicted molar refractivity (Wildman–Crippen MR) is 110 cm³/mol. The fourth-order valence-corrected chi connectivity index (χ4v) is 2.81. The summed E-state index contributed by atoms with van der Waals surface area (Å²) in [4.78, 5) is 13.2. The molecule has 0 aromatic heterocycles. The molecule has 150 valence electrons. The Hall–Kier alpha value is -1.51. The Morgan fingerprint density at radius 1 is 1.41 bits per heavy atom. The molecule has 1 saturated carbocycles. The molecule has 0 bridgehead atoms. The van der Waals surface area contributed by atoms with E-state index in [4.69, 9.17) is 47.2 Å². The molecule has 1 aromatic rings. The molecule has 0 unspecified atom stereocenters.